The first kappa shape index (κ1) is 92.6. The maximum atomic E-state index is 6.74. The molecule has 0 saturated heterocycles. The van der Waals surface area contributed by atoms with Crippen molar-refractivity contribution in [3.63, 3.8) is 0 Å². The second kappa shape index (κ2) is 33.9. The second-order valence-electron chi connectivity index (χ2n) is 44.2. The molecule has 30 rings (SSSR count). The highest BCUT2D eigenvalue weighted by Gasteiger charge is 2.46. The van der Waals surface area contributed by atoms with Gasteiger partial charge in [-0.05, 0) is 205 Å². The van der Waals surface area contributed by atoms with Crippen LogP contribution in [0.4, 0.5) is 0 Å². The summed E-state index contributed by atoms with van der Waals surface area (Å²) in [5, 5.41) is 10.2. The van der Waals surface area contributed by atoms with Crippen LogP contribution in [0.1, 0.15) is 153 Å². The van der Waals surface area contributed by atoms with Gasteiger partial charge in [0.2, 0.25) is 28.5 Å². The predicted octanol–water partition coefficient (Wildman–Crippen LogP) is 30.4. The molecule has 5 aliphatic rings. The zero-order valence-corrected chi connectivity index (χ0v) is 88.3. The minimum atomic E-state index is -0.202. The lowest BCUT2D eigenvalue weighted by atomic mass is 9.82. The van der Waals surface area contributed by atoms with Crippen molar-refractivity contribution in [1.82, 2.24) is 24.9 Å². The lowest BCUT2D eigenvalue weighted by Crippen LogP contribution is -2.30. The fraction of sp³-hybridized carbons (Fsp3) is 0.185. The molecule has 0 atom stereocenters. The summed E-state index contributed by atoms with van der Waals surface area (Å²) >= 11 is 0. The van der Waals surface area contributed by atoms with Crippen LogP contribution >= 0.6 is 0 Å². The topological polar surface area (TPSA) is 150 Å². The Morgan fingerprint density at radius 3 is 1.09 bits per heavy atom. The van der Waals surface area contributed by atoms with Crippen LogP contribution in [-0.2, 0) is 62.3 Å². The van der Waals surface area contributed by atoms with Crippen molar-refractivity contribution in [2.45, 2.75) is 131 Å². The third-order valence-corrected chi connectivity index (χ3v) is 33.4. The summed E-state index contributed by atoms with van der Waals surface area (Å²) in [6.45, 7) is 33.4. The molecule has 0 amide bonds. The van der Waals surface area contributed by atoms with Crippen LogP contribution < -0.4 is 22.8 Å². The molecule has 0 N–H and O–H groups in total. The van der Waals surface area contributed by atoms with E-state index in [2.05, 4.69) is 442 Å². The summed E-state index contributed by atoms with van der Waals surface area (Å²) in [6, 6.07) is 96.6. The molecule has 0 saturated carbocycles. The number of fused-ring (bicyclic) bond motifs is 34. The van der Waals surface area contributed by atoms with Crippen LogP contribution in [0.5, 0.6) is 0 Å². The zero-order chi connectivity index (χ0) is 103. The van der Waals surface area contributed by atoms with Crippen molar-refractivity contribution in [1.29, 1.82) is 0 Å². The summed E-state index contributed by atoms with van der Waals surface area (Å²) in [4.78, 5) is 24.1. The lowest BCUT2D eigenvalue weighted by molar-refractivity contribution is -0.660. The summed E-state index contributed by atoms with van der Waals surface area (Å²) in [5.74, 6) is 0. The minimum Gasteiger partial charge on any atom is -0.455 e. The SMILES string of the molecule is Cc1ccc2c(oc3c4c(ccc32)-c2cccnc2C4(C)C)c1-c1cccc[n+]1C.Cc1ccc2c(oc3c4c(ccc32)C(C)(C)c2cccnc2-4)c1-c1cccc[n+]1C.Cc1ccc2c(oc3c4c(cnc32)C(C)(C)c2ccccc2-4)c1-c1cccc[n+]1C.Cc1ccc2c(oc3c4c(ncc32)C(C)(C)c2ccccc2-4)c1-c1cccc[n+]1C.Cc1ccc2c(oc3cc4c(cc32)C(C)(C)c2ncccc2-4)c1-c1cccc[n+]1C. The van der Waals surface area contributed by atoms with Crippen molar-refractivity contribution >= 4 is 110 Å². The molecule has 15 aromatic heterocycles. The van der Waals surface area contributed by atoms with E-state index in [0.717, 1.165) is 189 Å². The normalized spacial score (nSPS) is 14.3. The van der Waals surface area contributed by atoms with Gasteiger partial charge in [-0.1, -0.05) is 195 Å². The summed E-state index contributed by atoms with van der Waals surface area (Å²) < 4.78 is 44.2. The third kappa shape index (κ3) is 13.6. The highest BCUT2D eigenvalue weighted by atomic mass is 16.3. The molecule has 0 bridgehead atoms. The highest BCUT2D eigenvalue weighted by molar-refractivity contribution is 6.19. The van der Waals surface area contributed by atoms with Gasteiger partial charge in [0.25, 0.3) is 0 Å². The number of aryl methyl sites for hydroxylation is 10. The Labute approximate surface area is 870 Å². The van der Waals surface area contributed by atoms with Crippen LogP contribution in [0.15, 0.2) is 357 Å². The third-order valence-electron chi connectivity index (χ3n) is 33.4. The van der Waals surface area contributed by atoms with Crippen molar-refractivity contribution in [2.75, 3.05) is 0 Å². The fourth-order valence-corrected chi connectivity index (χ4v) is 25.6. The molecule has 0 radical (unpaired) electrons. The smallest absolute Gasteiger partial charge is 0.216 e. The van der Waals surface area contributed by atoms with Gasteiger partial charge in [-0.3, -0.25) is 24.9 Å². The molecule has 150 heavy (non-hydrogen) atoms. The van der Waals surface area contributed by atoms with Gasteiger partial charge in [-0.15, -0.1) is 0 Å². The molecule has 10 aromatic carbocycles. The Bertz CT molecular complexity index is 9540. The first-order valence-corrected chi connectivity index (χ1v) is 51.9. The molecule has 15 heterocycles. The van der Waals surface area contributed by atoms with Crippen molar-refractivity contribution in [3.8, 4) is 112 Å². The number of furan rings is 5. The van der Waals surface area contributed by atoms with Crippen molar-refractivity contribution < 1.29 is 44.9 Å². The average molecular weight is 1960 g/mol. The van der Waals surface area contributed by atoms with Gasteiger partial charge in [0.05, 0.1) is 50.6 Å². The first-order valence-electron chi connectivity index (χ1n) is 51.9. The Balaban J connectivity index is 0.0000000945. The van der Waals surface area contributed by atoms with Gasteiger partial charge in [-0.25, -0.2) is 22.8 Å². The number of rotatable bonds is 5. The number of pyridine rings is 10. The van der Waals surface area contributed by atoms with E-state index in [1.807, 2.05) is 55.1 Å². The largest absolute Gasteiger partial charge is 0.455 e. The van der Waals surface area contributed by atoms with Crippen molar-refractivity contribution in [3.05, 3.63) is 419 Å². The van der Waals surface area contributed by atoms with Crippen LogP contribution in [0.25, 0.3) is 222 Å². The van der Waals surface area contributed by atoms with Gasteiger partial charge in [0, 0.05) is 201 Å². The van der Waals surface area contributed by atoms with Gasteiger partial charge in [0.15, 0.2) is 42.2 Å². The molecule has 5 aliphatic carbocycles. The maximum absolute atomic E-state index is 6.74. The van der Waals surface area contributed by atoms with Crippen LogP contribution in [-0.4, -0.2) is 24.9 Å². The van der Waals surface area contributed by atoms with Crippen LogP contribution in [0, 0.1) is 34.6 Å². The number of hydrogen-bond donors (Lipinski definition) is 0. The average Bonchev–Trinajstić information content (AvgIpc) is 1.56. The Hall–Kier alpha value is -17.3. The predicted molar refractivity (Wildman–Crippen MR) is 602 cm³/mol. The summed E-state index contributed by atoms with van der Waals surface area (Å²) in [5.41, 5.74) is 51.5. The van der Waals surface area contributed by atoms with E-state index in [4.69, 9.17) is 47.0 Å². The number of nitrogens with zero attached hydrogens (tertiary/aromatic N) is 10. The van der Waals surface area contributed by atoms with Crippen LogP contribution in [0.3, 0.4) is 0 Å². The van der Waals surface area contributed by atoms with E-state index in [1.165, 1.54) is 116 Å². The molecule has 25 aromatic rings. The van der Waals surface area contributed by atoms with E-state index in [9.17, 15) is 0 Å². The van der Waals surface area contributed by atoms with Gasteiger partial charge in [-0.2, -0.15) is 0 Å². The molecule has 15 nitrogen and oxygen atoms in total. The number of benzene rings is 10. The molecule has 0 unspecified atom stereocenters. The monoisotopic (exact) mass is 1960 g/mol. The van der Waals surface area contributed by atoms with E-state index < -0.39 is 0 Å². The Morgan fingerprint density at radius 2 is 0.573 bits per heavy atom. The van der Waals surface area contributed by atoms with E-state index in [1.54, 1.807) is 0 Å². The highest BCUT2D eigenvalue weighted by Crippen LogP contribution is 2.59. The Morgan fingerprint density at radius 1 is 0.213 bits per heavy atom. The van der Waals surface area contributed by atoms with Gasteiger partial charge < -0.3 is 22.1 Å². The Kier molecular flexibility index (Phi) is 20.9. The zero-order valence-electron chi connectivity index (χ0n) is 88.3. The second-order valence-corrected chi connectivity index (χ2v) is 44.2. The standard InChI is InChI=1S/5C27H23N2O/c1-16-10-11-18-19-13-12-17-20-8-7-14-28-26(20)27(2,3)23(17)25(19)30-24(18)22(16)21-9-5-6-15-29(21)4;1-16-10-11-17-18-12-13-19-23(24-20(27(19,2)3)8-7-14-28-24)26(18)30-25(17)22(16)21-9-5-6-15-29(21)4;1-16-10-11-17-20-14-21-19(18-8-7-12-28-26(18)27(21,2)3)15-23(20)30-25(17)24(16)22-9-5-6-13-29(22)4;1-16-12-13-17-19-15-28-26-23(18-9-5-6-10-20(18)27(26,2)3)25(19)30-24(17)22(16)21-11-7-8-14-29(21)4;1-16-12-13-18-24-26(30-25(18)22(16)21-11-7-8-14-29(21)4)23-17-9-5-6-10-19(17)27(2,3)20(23)15-28-24/h5*5-15H,1-4H3/q5*+1. The van der Waals surface area contributed by atoms with E-state index in [0.29, 0.717) is 0 Å². The lowest BCUT2D eigenvalue weighted by Gasteiger charge is -2.20. The van der Waals surface area contributed by atoms with E-state index >= 15 is 0 Å². The number of aromatic nitrogens is 10. The molecule has 730 valence electrons. The van der Waals surface area contributed by atoms with E-state index in [-0.39, 0.29) is 27.1 Å². The summed E-state index contributed by atoms with van der Waals surface area (Å²) in [6.07, 6.45) is 20.1. The quantitative estimate of drug-likeness (QED) is 0.152. The molecular formula is C135H115N10O5+5. The fourth-order valence-electron chi connectivity index (χ4n) is 25.6. The summed E-state index contributed by atoms with van der Waals surface area (Å²) in [7, 11) is 10.4. The molecule has 0 spiro atoms. The maximum Gasteiger partial charge on any atom is 0.216 e. The molecular weight excluding hydrogens is 1840 g/mol. The van der Waals surface area contributed by atoms with Gasteiger partial charge >= 0.3 is 0 Å². The van der Waals surface area contributed by atoms with Gasteiger partial charge in [0.1, 0.15) is 85.4 Å². The van der Waals surface area contributed by atoms with Crippen molar-refractivity contribution in [2.24, 2.45) is 35.2 Å². The minimum absolute atomic E-state index is 0.0866. The molecule has 15 heteroatoms. The van der Waals surface area contributed by atoms with Crippen LogP contribution in [0.2, 0.25) is 0 Å². The molecule has 0 aliphatic heterocycles. The first-order chi connectivity index (χ1) is 72.4. The number of hydrogen-bond acceptors (Lipinski definition) is 10. The molecule has 0 fully saturated rings.